The Kier molecular flexibility index (Phi) is 5.97. The zero-order valence-electron chi connectivity index (χ0n) is 12.9. The highest BCUT2D eigenvalue weighted by atomic mass is 16.3. The lowest BCUT2D eigenvalue weighted by Crippen LogP contribution is -2.30. The van der Waals surface area contributed by atoms with Crippen molar-refractivity contribution in [1.29, 1.82) is 0 Å². The fraction of sp³-hybridized carbons (Fsp3) is 0.368. The molecule has 21 heavy (non-hydrogen) atoms. The van der Waals surface area contributed by atoms with Crippen molar-refractivity contribution < 1.29 is 5.11 Å². The van der Waals surface area contributed by atoms with E-state index in [1.165, 1.54) is 5.56 Å². The molecule has 2 nitrogen and oxygen atoms in total. The molecule has 0 fully saturated rings. The van der Waals surface area contributed by atoms with Gasteiger partial charge in [-0.3, -0.25) is 4.90 Å². The van der Waals surface area contributed by atoms with E-state index in [9.17, 15) is 5.11 Å². The van der Waals surface area contributed by atoms with Gasteiger partial charge in [-0.05, 0) is 23.6 Å². The number of benzene rings is 2. The number of hydrogen-bond donors (Lipinski definition) is 1. The van der Waals surface area contributed by atoms with Crippen molar-refractivity contribution in [3.8, 4) is 0 Å². The summed E-state index contributed by atoms with van der Waals surface area (Å²) in [5.74, 6) is 0.205. The van der Waals surface area contributed by atoms with E-state index in [4.69, 9.17) is 0 Å². The van der Waals surface area contributed by atoms with Gasteiger partial charge in [0, 0.05) is 13.1 Å². The van der Waals surface area contributed by atoms with Gasteiger partial charge in [0.1, 0.15) is 0 Å². The molecule has 2 unspecified atom stereocenters. The van der Waals surface area contributed by atoms with Crippen molar-refractivity contribution in [1.82, 2.24) is 4.90 Å². The predicted molar refractivity (Wildman–Crippen MR) is 88.0 cm³/mol. The van der Waals surface area contributed by atoms with Crippen LogP contribution in [0.15, 0.2) is 60.7 Å². The van der Waals surface area contributed by atoms with Gasteiger partial charge in [-0.1, -0.05) is 74.5 Å². The number of hydrogen-bond acceptors (Lipinski definition) is 2. The second-order valence-electron chi connectivity index (χ2n) is 5.65. The number of nitrogens with zero attached hydrogens (tertiary/aromatic N) is 1. The van der Waals surface area contributed by atoms with E-state index in [-0.39, 0.29) is 5.92 Å². The third-order valence-electron chi connectivity index (χ3n) is 3.92. The number of aliphatic hydroxyl groups is 1. The van der Waals surface area contributed by atoms with Crippen LogP contribution in [0.5, 0.6) is 0 Å². The molecule has 2 aromatic rings. The van der Waals surface area contributed by atoms with Crippen molar-refractivity contribution in [3.05, 3.63) is 71.8 Å². The molecule has 2 atom stereocenters. The van der Waals surface area contributed by atoms with Crippen LogP contribution >= 0.6 is 0 Å². The van der Waals surface area contributed by atoms with Crippen LogP contribution in [0.1, 0.15) is 31.1 Å². The number of rotatable bonds is 7. The van der Waals surface area contributed by atoms with E-state index in [1.807, 2.05) is 36.4 Å². The van der Waals surface area contributed by atoms with Crippen molar-refractivity contribution in [3.63, 3.8) is 0 Å². The standard InChI is InChI=1S/C19H25NO/c1-3-20(15-17-10-6-4-7-11-17)14-16(2)19(21)18-12-8-5-9-13-18/h4-13,16,19,21H,3,14-15H2,1-2H3. The first-order chi connectivity index (χ1) is 10.2. The van der Waals surface area contributed by atoms with E-state index in [0.29, 0.717) is 0 Å². The lowest BCUT2D eigenvalue weighted by atomic mass is 9.97. The molecular formula is C19H25NO. The average Bonchev–Trinajstić information content (AvgIpc) is 2.55. The molecule has 0 aliphatic heterocycles. The van der Waals surface area contributed by atoms with Gasteiger partial charge in [0.2, 0.25) is 0 Å². The van der Waals surface area contributed by atoms with Gasteiger partial charge in [0.15, 0.2) is 0 Å². The fourth-order valence-electron chi connectivity index (χ4n) is 2.63. The molecule has 1 N–H and O–H groups in total. The summed E-state index contributed by atoms with van der Waals surface area (Å²) in [5, 5.41) is 10.5. The van der Waals surface area contributed by atoms with Crippen molar-refractivity contribution in [2.75, 3.05) is 13.1 Å². The summed E-state index contributed by atoms with van der Waals surface area (Å²) in [4.78, 5) is 2.38. The van der Waals surface area contributed by atoms with E-state index in [1.54, 1.807) is 0 Å². The summed E-state index contributed by atoms with van der Waals surface area (Å²) in [7, 11) is 0. The summed E-state index contributed by atoms with van der Waals surface area (Å²) in [6.07, 6.45) is -0.406. The van der Waals surface area contributed by atoms with Crippen LogP contribution in [0.4, 0.5) is 0 Å². The van der Waals surface area contributed by atoms with Gasteiger partial charge in [0.05, 0.1) is 6.10 Å². The summed E-state index contributed by atoms with van der Waals surface area (Å²) < 4.78 is 0. The molecule has 112 valence electrons. The molecule has 0 saturated heterocycles. The zero-order valence-corrected chi connectivity index (χ0v) is 12.9. The molecular weight excluding hydrogens is 258 g/mol. The Morgan fingerprint density at radius 2 is 1.52 bits per heavy atom. The Morgan fingerprint density at radius 1 is 0.952 bits per heavy atom. The molecule has 0 aliphatic carbocycles. The molecule has 2 rings (SSSR count). The van der Waals surface area contributed by atoms with Crippen molar-refractivity contribution in [2.24, 2.45) is 5.92 Å². The van der Waals surface area contributed by atoms with Crippen LogP contribution in [-0.4, -0.2) is 23.1 Å². The summed E-state index contributed by atoms with van der Waals surface area (Å²) in [6.45, 7) is 7.10. The van der Waals surface area contributed by atoms with Crippen LogP contribution in [0.2, 0.25) is 0 Å². The van der Waals surface area contributed by atoms with Crippen LogP contribution in [0.25, 0.3) is 0 Å². The third-order valence-corrected chi connectivity index (χ3v) is 3.92. The fourth-order valence-corrected chi connectivity index (χ4v) is 2.63. The normalized spacial score (nSPS) is 14.1. The molecule has 0 aromatic heterocycles. The van der Waals surface area contributed by atoms with Gasteiger partial charge in [-0.25, -0.2) is 0 Å². The molecule has 0 heterocycles. The maximum Gasteiger partial charge on any atom is 0.0827 e. The van der Waals surface area contributed by atoms with Crippen LogP contribution < -0.4 is 0 Å². The zero-order chi connectivity index (χ0) is 15.1. The summed E-state index contributed by atoms with van der Waals surface area (Å²) in [5.41, 5.74) is 2.32. The molecule has 0 radical (unpaired) electrons. The van der Waals surface area contributed by atoms with Crippen molar-refractivity contribution >= 4 is 0 Å². The van der Waals surface area contributed by atoms with Crippen LogP contribution in [0.3, 0.4) is 0 Å². The Labute approximate surface area is 128 Å². The Balaban J connectivity index is 1.95. The average molecular weight is 283 g/mol. The topological polar surface area (TPSA) is 23.5 Å². The number of aliphatic hydroxyl groups excluding tert-OH is 1. The van der Waals surface area contributed by atoms with E-state index in [2.05, 4.69) is 43.0 Å². The van der Waals surface area contributed by atoms with E-state index >= 15 is 0 Å². The minimum atomic E-state index is -0.406. The molecule has 0 saturated carbocycles. The van der Waals surface area contributed by atoms with Crippen molar-refractivity contribution in [2.45, 2.75) is 26.5 Å². The lowest BCUT2D eigenvalue weighted by Gasteiger charge is -2.27. The Morgan fingerprint density at radius 3 is 2.10 bits per heavy atom. The predicted octanol–water partition coefficient (Wildman–Crippen LogP) is 3.88. The highest BCUT2D eigenvalue weighted by molar-refractivity contribution is 5.18. The highest BCUT2D eigenvalue weighted by Crippen LogP contribution is 2.22. The molecule has 0 bridgehead atoms. The lowest BCUT2D eigenvalue weighted by molar-refractivity contribution is 0.0875. The molecule has 0 amide bonds. The highest BCUT2D eigenvalue weighted by Gasteiger charge is 2.18. The largest absolute Gasteiger partial charge is 0.388 e. The molecule has 0 spiro atoms. The maximum atomic E-state index is 10.5. The van der Waals surface area contributed by atoms with E-state index in [0.717, 1.165) is 25.2 Å². The molecule has 2 heteroatoms. The molecule has 2 aromatic carbocycles. The minimum Gasteiger partial charge on any atom is -0.388 e. The first kappa shape index (κ1) is 15.7. The Bertz CT molecular complexity index is 512. The maximum absolute atomic E-state index is 10.5. The monoisotopic (exact) mass is 283 g/mol. The Hall–Kier alpha value is -1.64. The van der Waals surface area contributed by atoms with Crippen LogP contribution in [-0.2, 0) is 6.54 Å². The smallest absolute Gasteiger partial charge is 0.0827 e. The third kappa shape index (κ3) is 4.69. The van der Waals surface area contributed by atoms with Crippen LogP contribution in [0, 0.1) is 5.92 Å². The van der Waals surface area contributed by atoms with Gasteiger partial charge >= 0.3 is 0 Å². The van der Waals surface area contributed by atoms with Gasteiger partial charge < -0.3 is 5.11 Å². The molecule has 0 aliphatic rings. The quantitative estimate of drug-likeness (QED) is 0.833. The first-order valence-electron chi connectivity index (χ1n) is 7.70. The minimum absolute atomic E-state index is 0.205. The van der Waals surface area contributed by atoms with Gasteiger partial charge in [0.25, 0.3) is 0 Å². The summed E-state index contributed by atoms with van der Waals surface area (Å²) in [6, 6.07) is 20.4. The summed E-state index contributed by atoms with van der Waals surface area (Å²) >= 11 is 0. The second-order valence-corrected chi connectivity index (χ2v) is 5.65. The SMILES string of the molecule is CCN(Cc1ccccc1)CC(C)C(O)c1ccccc1. The van der Waals surface area contributed by atoms with Gasteiger partial charge in [-0.15, -0.1) is 0 Å². The first-order valence-corrected chi connectivity index (χ1v) is 7.70. The van der Waals surface area contributed by atoms with E-state index < -0.39 is 6.10 Å². The van der Waals surface area contributed by atoms with Gasteiger partial charge in [-0.2, -0.15) is 0 Å². The second kappa shape index (κ2) is 7.96.